The van der Waals surface area contributed by atoms with E-state index < -0.39 is 14.0 Å². The van der Waals surface area contributed by atoms with Crippen molar-refractivity contribution in [2.24, 2.45) is 0 Å². The first kappa shape index (κ1) is 16.1. The van der Waals surface area contributed by atoms with Crippen LogP contribution in [0.4, 0.5) is 0 Å². The second-order valence-electron chi connectivity index (χ2n) is 5.95. The van der Waals surface area contributed by atoms with E-state index in [1.165, 1.54) is 0 Å². The quantitative estimate of drug-likeness (QED) is 0.585. The lowest BCUT2D eigenvalue weighted by Crippen LogP contribution is -2.46. The second kappa shape index (κ2) is 6.26. The molecule has 1 heterocycles. The fourth-order valence-electron chi connectivity index (χ4n) is 2.37. The minimum atomic E-state index is -1.81. The van der Waals surface area contributed by atoms with Gasteiger partial charge in [-0.05, 0) is 43.9 Å². The molecule has 1 unspecified atom stereocenters. The molecule has 2 rings (SSSR count). The number of ether oxygens (including phenoxy) is 1. The van der Waals surface area contributed by atoms with Crippen molar-refractivity contribution < 1.29 is 9.16 Å². The zero-order chi connectivity index (χ0) is 15.5. The highest BCUT2D eigenvalue weighted by Gasteiger charge is 2.38. The summed E-state index contributed by atoms with van der Waals surface area (Å²) in [6.07, 6.45) is 3.99. The third-order valence-corrected chi connectivity index (χ3v) is 4.53. The number of aromatic nitrogens is 1. The van der Waals surface area contributed by atoms with Crippen LogP contribution >= 0.6 is 11.6 Å². The van der Waals surface area contributed by atoms with Crippen molar-refractivity contribution in [3.63, 3.8) is 0 Å². The van der Waals surface area contributed by atoms with Gasteiger partial charge >= 0.3 is 0 Å². The lowest BCUT2D eigenvalue weighted by atomic mass is 10.0. The van der Waals surface area contributed by atoms with Gasteiger partial charge in [-0.3, -0.25) is 0 Å². The number of hydrogen-bond donors (Lipinski definition) is 0. The van der Waals surface area contributed by atoms with E-state index in [9.17, 15) is 0 Å². The van der Waals surface area contributed by atoms with Crippen LogP contribution in [0.3, 0.4) is 0 Å². The summed E-state index contributed by atoms with van der Waals surface area (Å²) in [7, 11) is -0.150. The summed E-state index contributed by atoms with van der Waals surface area (Å²) in [4.78, 5) is 0. The Labute approximate surface area is 132 Å². The van der Waals surface area contributed by atoms with E-state index in [0.717, 1.165) is 11.3 Å². The van der Waals surface area contributed by atoms with Crippen LogP contribution in [0.5, 0.6) is 5.75 Å². The molecule has 0 fully saturated rings. The van der Waals surface area contributed by atoms with Crippen LogP contribution in [-0.2, 0) is 10.2 Å². The summed E-state index contributed by atoms with van der Waals surface area (Å²) >= 11 is 6.38. The Morgan fingerprint density at radius 1 is 1.10 bits per heavy atom. The molecule has 114 valence electrons. The average molecular weight is 324 g/mol. The van der Waals surface area contributed by atoms with E-state index in [0.29, 0.717) is 5.88 Å². The average Bonchev–Trinajstić information content (AvgIpc) is 2.98. The monoisotopic (exact) mass is 323 g/mol. The molecular formula is C16H22ClNO2Si. The molecule has 0 bridgehead atoms. The number of benzene rings is 1. The van der Waals surface area contributed by atoms with Gasteiger partial charge in [0.1, 0.15) is 5.75 Å². The van der Waals surface area contributed by atoms with Gasteiger partial charge in [-0.15, -0.1) is 11.6 Å². The molecule has 2 aromatic rings. The first-order chi connectivity index (χ1) is 9.91. The summed E-state index contributed by atoms with van der Waals surface area (Å²) in [6, 6.07) is 11.9. The third-order valence-electron chi connectivity index (χ3n) is 3.22. The molecular weight excluding hydrogens is 302 g/mol. The Hall–Kier alpha value is -1.23. The largest absolute Gasteiger partial charge is 0.497 e. The van der Waals surface area contributed by atoms with E-state index in [-0.39, 0.29) is 0 Å². The topological polar surface area (TPSA) is 23.4 Å². The SMILES string of the molecule is COc1ccc(C(CCl)(O[Si](C)(C)C)n2cccc2)cc1. The number of alkyl halides is 1. The molecule has 1 atom stereocenters. The number of methoxy groups -OCH3 is 1. The normalized spacial score (nSPS) is 14.7. The lowest BCUT2D eigenvalue weighted by Gasteiger charge is -2.39. The Morgan fingerprint density at radius 3 is 2.10 bits per heavy atom. The zero-order valence-electron chi connectivity index (χ0n) is 13.0. The summed E-state index contributed by atoms with van der Waals surface area (Å²) in [5, 5.41) is 0. The Morgan fingerprint density at radius 2 is 1.67 bits per heavy atom. The number of halogens is 1. The van der Waals surface area contributed by atoms with Crippen molar-refractivity contribution in [2.45, 2.75) is 25.4 Å². The van der Waals surface area contributed by atoms with Crippen molar-refractivity contribution in [1.29, 1.82) is 0 Å². The zero-order valence-corrected chi connectivity index (χ0v) is 14.7. The van der Waals surface area contributed by atoms with Gasteiger partial charge in [-0.1, -0.05) is 12.1 Å². The molecule has 21 heavy (non-hydrogen) atoms. The van der Waals surface area contributed by atoms with E-state index in [1.54, 1.807) is 7.11 Å². The maximum Gasteiger partial charge on any atom is 0.187 e. The van der Waals surface area contributed by atoms with Gasteiger partial charge in [-0.25, -0.2) is 0 Å². The number of rotatable bonds is 6. The summed E-state index contributed by atoms with van der Waals surface area (Å²) in [6.45, 7) is 6.50. The fourth-order valence-corrected chi connectivity index (χ4v) is 4.11. The summed E-state index contributed by atoms with van der Waals surface area (Å²) in [5.41, 5.74) is 0.346. The molecule has 0 aliphatic heterocycles. The van der Waals surface area contributed by atoms with Crippen LogP contribution in [0.15, 0.2) is 48.8 Å². The van der Waals surface area contributed by atoms with Gasteiger partial charge in [0, 0.05) is 18.0 Å². The fraction of sp³-hybridized carbons (Fsp3) is 0.375. The Balaban J connectivity index is 2.52. The predicted octanol–water partition coefficient (Wildman–Crippen LogP) is 4.29. The van der Waals surface area contributed by atoms with Gasteiger partial charge in [0.15, 0.2) is 14.0 Å². The van der Waals surface area contributed by atoms with E-state index >= 15 is 0 Å². The van der Waals surface area contributed by atoms with Crippen LogP contribution in [-0.4, -0.2) is 25.9 Å². The third kappa shape index (κ3) is 3.51. The molecule has 0 aliphatic carbocycles. The molecule has 0 N–H and O–H groups in total. The number of hydrogen-bond acceptors (Lipinski definition) is 2. The minimum absolute atomic E-state index is 0.346. The molecule has 0 spiro atoms. The lowest BCUT2D eigenvalue weighted by molar-refractivity contribution is 0.0501. The smallest absolute Gasteiger partial charge is 0.187 e. The van der Waals surface area contributed by atoms with Gasteiger partial charge in [0.2, 0.25) is 0 Å². The molecule has 0 radical (unpaired) electrons. The predicted molar refractivity (Wildman–Crippen MR) is 89.7 cm³/mol. The molecule has 1 aromatic carbocycles. The highest BCUT2D eigenvalue weighted by molar-refractivity contribution is 6.69. The van der Waals surface area contributed by atoms with Crippen molar-refractivity contribution in [3.8, 4) is 5.75 Å². The van der Waals surface area contributed by atoms with Crippen molar-refractivity contribution in [2.75, 3.05) is 13.0 Å². The van der Waals surface area contributed by atoms with Crippen LogP contribution < -0.4 is 4.74 Å². The Kier molecular flexibility index (Phi) is 4.81. The molecule has 5 heteroatoms. The molecule has 0 saturated carbocycles. The standard InChI is InChI=1S/C16H22ClNO2Si/c1-19-15-9-7-14(8-10-15)16(13-17,20-21(2,3)4)18-11-5-6-12-18/h5-12H,13H2,1-4H3. The van der Waals surface area contributed by atoms with E-state index in [1.807, 2.05) is 53.4 Å². The number of nitrogens with zero attached hydrogens (tertiary/aromatic N) is 1. The minimum Gasteiger partial charge on any atom is -0.497 e. The molecule has 1 aromatic heterocycles. The Bertz CT molecular complexity index is 563. The van der Waals surface area contributed by atoms with Gasteiger partial charge < -0.3 is 13.7 Å². The maximum absolute atomic E-state index is 6.51. The molecule has 3 nitrogen and oxygen atoms in total. The van der Waals surface area contributed by atoms with Crippen LogP contribution in [0.2, 0.25) is 19.6 Å². The first-order valence-corrected chi connectivity index (χ1v) is 10.9. The highest BCUT2D eigenvalue weighted by Crippen LogP contribution is 2.34. The van der Waals surface area contributed by atoms with E-state index in [4.69, 9.17) is 20.8 Å². The van der Waals surface area contributed by atoms with Gasteiger partial charge in [0.25, 0.3) is 0 Å². The van der Waals surface area contributed by atoms with Gasteiger partial charge in [0.05, 0.1) is 13.0 Å². The van der Waals surface area contributed by atoms with Crippen molar-refractivity contribution in [3.05, 3.63) is 54.4 Å². The van der Waals surface area contributed by atoms with Gasteiger partial charge in [-0.2, -0.15) is 0 Å². The van der Waals surface area contributed by atoms with E-state index in [2.05, 4.69) is 19.6 Å². The second-order valence-corrected chi connectivity index (χ2v) is 10.6. The summed E-state index contributed by atoms with van der Waals surface area (Å²) in [5.74, 6) is 1.17. The van der Waals surface area contributed by atoms with Crippen LogP contribution in [0, 0.1) is 0 Å². The van der Waals surface area contributed by atoms with Crippen molar-refractivity contribution >= 4 is 19.9 Å². The highest BCUT2D eigenvalue weighted by atomic mass is 35.5. The molecule has 0 amide bonds. The van der Waals surface area contributed by atoms with Crippen LogP contribution in [0.25, 0.3) is 0 Å². The first-order valence-electron chi connectivity index (χ1n) is 6.95. The molecule has 0 saturated heterocycles. The van der Waals surface area contributed by atoms with Crippen LogP contribution in [0.1, 0.15) is 5.56 Å². The molecule has 0 aliphatic rings. The summed E-state index contributed by atoms with van der Waals surface area (Å²) < 4.78 is 13.8. The maximum atomic E-state index is 6.51. The van der Waals surface area contributed by atoms with Crippen molar-refractivity contribution in [1.82, 2.24) is 4.57 Å².